The molecule has 1 atom stereocenters. The Morgan fingerprint density at radius 1 is 1.24 bits per heavy atom. The van der Waals surface area contributed by atoms with Crippen molar-refractivity contribution in [1.82, 2.24) is 24.7 Å². The fourth-order valence-corrected chi connectivity index (χ4v) is 6.58. The van der Waals surface area contributed by atoms with Gasteiger partial charge in [0.05, 0.1) is 50.1 Å². The molecule has 0 aliphatic carbocycles. The smallest absolute Gasteiger partial charge is 0.228 e. The van der Waals surface area contributed by atoms with Crippen molar-refractivity contribution >= 4 is 27.2 Å². The van der Waals surface area contributed by atoms with E-state index in [-0.39, 0.29) is 23.1 Å². The van der Waals surface area contributed by atoms with Gasteiger partial charge >= 0.3 is 0 Å². The molecule has 3 heterocycles. The zero-order chi connectivity index (χ0) is 27.1. The Morgan fingerprint density at radius 2 is 1.97 bits per heavy atom. The Hall–Kier alpha value is -2.12. The van der Waals surface area contributed by atoms with Crippen LogP contribution in [0.2, 0.25) is 0 Å². The quantitative estimate of drug-likeness (QED) is 0.412. The van der Waals surface area contributed by atoms with Crippen molar-refractivity contribution in [2.75, 3.05) is 46.0 Å². The van der Waals surface area contributed by atoms with E-state index in [1.807, 2.05) is 13.8 Å². The number of hydrogen-bond donors (Lipinski definition) is 1. The molecule has 0 radical (unpaired) electrons. The first kappa shape index (κ1) is 28.9. The number of imidazole rings is 1. The van der Waals surface area contributed by atoms with Gasteiger partial charge in [-0.3, -0.25) is 4.90 Å². The predicted molar refractivity (Wildman–Crippen MR) is 147 cm³/mol. The molecule has 2 aliphatic rings. The lowest BCUT2D eigenvalue weighted by atomic mass is 10.2. The lowest BCUT2D eigenvalue weighted by molar-refractivity contribution is 0.0356. The summed E-state index contributed by atoms with van der Waals surface area (Å²) in [4.78, 5) is 8.81. The molecule has 210 valence electrons. The maximum Gasteiger partial charge on any atom is 0.228 e. The highest BCUT2D eigenvalue weighted by atomic mass is 32.2. The van der Waals surface area contributed by atoms with Crippen molar-refractivity contribution in [3.63, 3.8) is 0 Å². The molecule has 0 bridgehead atoms. The van der Waals surface area contributed by atoms with Gasteiger partial charge in [0.1, 0.15) is 5.82 Å². The van der Waals surface area contributed by atoms with Crippen molar-refractivity contribution < 1.29 is 22.3 Å². The van der Waals surface area contributed by atoms with Crippen LogP contribution < -0.4 is 5.32 Å². The van der Waals surface area contributed by atoms with E-state index in [2.05, 4.69) is 20.1 Å². The Labute approximate surface area is 230 Å². The highest BCUT2D eigenvalue weighted by molar-refractivity contribution is 7.90. The third kappa shape index (κ3) is 7.95. The third-order valence-electron chi connectivity index (χ3n) is 6.70. The van der Waals surface area contributed by atoms with E-state index in [0.717, 1.165) is 51.4 Å². The van der Waals surface area contributed by atoms with Crippen molar-refractivity contribution in [2.24, 2.45) is 0 Å². The van der Waals surface area contributed by atoms with Crippen LogP contribution >= 0.6 is 12.2 Å². The highest BCUT2D eigenvalue weighted by Gasteiger charge is 2.28. The number of ether oxygens (including phenoxy) is 2. The summed E-state index contributed by atoms with van der Waals surface area (Å²) < 4.78 is 53.5. The lowest BCUT2D eigenvalue weighted by Gasteiger charge is -2.32. The minimum atomic E-state index is -3.80. The number of benzene rings is 1. The van der Waals surface area contributed by atoms with Crippen molar-refractivity contribution in [3.8, 4) is 0 Å². The average Bonchev–Trinajstić information content (AvgIpc) is 3.54. The molecule has 0 spiro atoms. The lowest BCUT2D eigenvalue weighted by Crippen LogP contribution is -2.47. The Balaban J connectivity index is 1.59. The van der Waals surface area contributed by atoms with Crippen molar-refractivity contribution in [2.45, 2.75) is 62.8 Å². The molecule has 2 fully saturated rings. The van der Waals surface area contributed by atoms with E-state index >= 15 is 0 Å². The van der Waals surface area contributed by atoms with Gasteiger partial charge in [0.15, 0.2) is 5.11 Å². The molecule has 0 unspecified atom stereocenters. The van der Waals surface area contributed by atoms with Gasteiger partial charge in [-0.15, -0.1) is 0 Å². The number of rotatable bonds is 11. The predicted octanol–water partition coefficient (Wildman–Crippen LogP) is 2.59. The van der Waals surface area contributed by atoms with E-state index in [1.165, 1.54) is 24.3 Å². The van der Waals surface area contributed by atoms with E-state index in [0.29, 0.717) is 36.9 Å². The first-order valence-corrected chi connectivity index (χ1v) is 15.3. The number of aromatic nitrogens is 2. The number of sulfone groups is 1. The topological polar surface area (TPSA) is 88.9 Å². The minimum absolute atomic E-state index is 0.00296. The molecule has 0 saturated carbocycles. The van der Waals surface area contributed by atoms with Crippen LogP contribution in [-0.4, -0.2) is 91.0 Å². The maximum absolute atomic E-state index is 13.5. The maximum atomic E-state index is 13.5. The van der Waals surface area contributed by atoms with Crippen LogP contribution in [0.4, 0.5) is 4.39 Å². The number of morpholine rings is 1. The SMILES string of the molecule is CC(C)NC(=S)N(CCN1CCOCC1)Cc1cnc(S(=O)(=O)Cc2ccc(F)cc2)n1C[C@H]1CCCO1. The molecule has 4 rings (SSSR count). The Morgan fingerprint density at radius 3 is 2.63 bits per heavy atom. The molecule has 2 aliphatic heterocycles. The summed E-state index contributed by atoms with van der Waals surface area (Å²) in [6, 6.07) is 5.68. The van der Waals surface area contributed by atoms with E-state index in [4.69, 9.17) is 21.7 Å². The molecule has 9 nitrogen and oxygen atoms in total. The molecule has 1 N–H and O–H groups in total. The summed E-state index contributed by atoms with van der Waals surface area (Å²) >= 11 is 5.75. The Bertz CT molecular complexity index is 1160. The molecule has 12 heteroatoms. The summed E-state index contributed by atoms with van der Waals surface area (Å²) in [5.41, 5.74) is 1.27. The minimum Gasteiger partial charge on any atom is -0.379 e. The number of nitrogens with one attached hydrogen (secondary N) is 1. The van der Waals surface area contributed by atoms with Crippen LogP contribution in [0, 0.1) is 5.82 Å². The second kappa shape index (κ2) is 13.3. The molecule has 1 aromatic heterocycles. The first-order valence-electron chi connectivity index (χ1n) is 13.2. The van der Waals surface area contributed by atoms with E-state index < -0.39 is 15.7 Å². The van der Waals surface area contributed by atoms with Gasteiger partial charge in [0.2, 0.25) is 15.0 Å². The van der Waals surface area contributed by atoms with Crippen molar-refractivity contribution in [3.05, 3.63) is 47.5 Å². The summed E-state index contributed by atoms with van der Waals surface area (Å²) in [7, 11) is -3.80. The second-order valence-electron chi connectivity index (χ2n) is 10.1. The zero-order valence-corrected chi connectivity index (χ0v) is 23.8. The largest absolute Gasteiger partial charge is 0.379 e. The molecular formula is C26H38FN5O4S2. The third-order valence-corrected chi connectivity index (χ3v) is 8.67. The fraction of sp³-hybridized carbons (Fsp3) is 0.615. The molecular weight excluding hydrogens is 529 g/mol. The number of thiocarbonyl (C=S) groups is 1. The van der Waals surface area contributed by atoms with Gasteiger partial charge < -0.3 is 24.3 Å². The summed E-state index contributed by atoms with van der Waals surface area (Å²) in [6.45, 7) is 10.2. The second-order valence-corrected chi connectivity index (χ2v) is 12.4. The van der Waals surface area contributed by atoms with Crippen LogP contribution in [-0.2, 0) is 38.2 Å². The fourth-order valence-electron chi connectivity index (χ4n) is 4.69. The van der Waals surface area contributed by atoms with Gasteiger partial charge in [-0.1, -0.05) is 12.1 Å². The Kier molecular flexibility index (Phi) is 10.1. The molecule has 2 aromatic rings. The van der Waals surface area contributed by atoms with Crippen LogP contribution in [0.5, 0.6) is 0 Å². The number of halogens is 1. The van der Waals surface area contributed by atoms with E-state index in [1.54, 1.807) is 10.8 Å². The number of nitrogens with zero attached hydrogens (tertiary/aromatic N) is 4. The van der Waals surface area contributed by atoms with Crippen LogP contribution in [0.1, 0.15) is 37.9 Å². The summed E-state index contributed by atoms with van der Waals surface area (Å²) in [5, 5.41) is 3.95. The molecule has 1 aromatic carbocycles. The summed E-state index contributed by atoms with van der Waals surface area (Å²) in [5.74, 6) is -0.667. The number of hydrogen-bond acceptors (Lipinski definition) is 7. The summed E-state index contributed by atoms with van der Waals surface area (Å²) in [6.07, 6.45) is 3.36. The van der Waals surface area contributed by atoms with Crippen molar-refractivity contribution in [1.29, 1.82) is 0 Å². The normalized spacial score (nSPS) is 18.7. The van der Waals surface area contributed by atoms with E-state index in [9.17, 15) is 12.8 Å². The molecule has 38 heavy (non-hydrogen) atoms. The molecule has 2 saturated heterocycles. The highest BCUT2D eigenvalue weighted by Crippen LogP contribution is 2.23. The van der Waals surface area contributed by atoms with Crippen LogP contribution in [0.3, 0.4) is 0 Å². The van der Waals surface area contributed by atoms with Crippen LogP contribution in [0.15, 0.2) is 35.6 Å². The average molecular weight is 568 g/mol. The van der Waals surface area contributed by atoms with Gasteiger partial charge in [-0.25, -0.2) is 17.8 Å². The monoisotopic (exact) mass is 567 g/mol. The standard InChI is InChI=1S/C26H38FN5O4S2/c1-20(2)29-25(37)31(10-9-30-11-14-35-15-12-30)17-23-16-28-26(32(23)18-24-4-3-13-36-24)38(33,34)19-21-5-7-22(27)8-6-21/h5-8,16,20,24H,3-4,9-15,17-19H2,1-2H3,(H,29,37)/t24-/m1/s1. The van der Waals surface area contributed by atoms with Gasteiger partial charge in [-0.05, 0) is 56.6 Å². The van der Waals surface area contributed by atoms with Crippen LogP contribution in [0.25, 0.3) is 0 Å². The van der Waals surface area contributed by atoms with Gasteiger partial charge in [0.25, 0.3) is 0 Å². The van der Waals surface area contributed by atoms with Gasteiger partial charge in [-0.2, -0.15) is 0 Å². The molecule has 0 amide bonds. The first-order chi connectivity index (χ1) is 18.2. The van der Waals surface area contributed by atoms with Gasteiger partial charge in [0, 0.05) is 38.8 Å². The zero-order valence-electron chi connectivity index (χ0n) is 22.1.